The molecule has 1 aliphatic heterocycles. The highest BCUT2D eigenvalue weighted by atomic mass is 32.1. The number of amides is 1. The number of ether oxygens (including phenoxy) is 2. The van der Waals surface area contributed by atoms with Crippen LogP contribution in [0.2, 0.25) is 0 Å². The number of fused-ring (bicyclic) bond motifs is 3. The Balaban J connectivity index is 1.67. The van der Waals surface area contributed by atoms with Gasteiger partial charge in [0.25, 0.3) is 5.91 Å². The number of nitrogens with one attached hydrogen (secondary N) is 2. The lowest BCUT2D eigenvalue weighted by molar-refractivity contribution is 0.0935. The average molecular weight is 358 g/mol. The molecule has 0 saturated carbocycles. The molecule has 132 valence electrons. The van der Waals surface area contributed by atoms with Crippen LogP contribution in [0, 0.1) is 5.92 Å². The van der Waals surface area contributed by atoms with E-state index in [0.717, 1.165) is 35.4 Å². The Morgan fingerprint density at radius 3 is 2.72 bits per heavy atom. The van der Waals surface area contributed by atoms with Crippen molar-refractivity contribution in [1.29, 1.82) is 0 Å². The van der Waals surface area contributed by atoms with E-state index in [1.54, 1.807) is 25.6 Å². The van der Waals surface area contributed by atoms with Gasteiger partial charge in [0.05, 0.1) is 19.8 Å². The van der Waals surface area contributed by atoms with Crippen molar-refractivity contribution in [1.82, 2.24) is 5.32 Å². The summed E-state index contributed by atoms with van der Waals surface area (Å²) in [5, 5.41) is 7.57. The number of anilines is 1. The Morgan fingerprint density at radius 1 is 1.16 bits per heavy atom. The van der Waals surface area contributed by atoms with Crippen LogP contribution < -0.4 is 20.1 Å². The minimum absolute atomic E-state index is 0.0144. The summed E-state index contributed by atoms with van der Waals surface area (Å²) in [6, 6.07) is 5.70. The molecule has 2 aromatic rings. The maximum Gasteiger partial charge on any atom is 0.256 e. The third kappa shape index (κ3) is 2.74. The van der Waals surface area contributed by atoms with Gasteiger partial charge in [-0.15, -0.1) is 11.3 Å². The molecule has 2 heterocycles. The van der Waals surface area contributed by atoms with E-state index in [4.69, 9.17) is 9.47 Å². The largest absolute Gasteiger partial charge is 0.493 e. The van der Waals surface area contributed by atoms with Gasteiger partial charge in [0.15, 0.2) is 11.5 Å². The molecule has 1 aromatic carbocycles. The topological polar surface area (TPSA) is 59.6 Å². The van der Waals surface area contributed by atoms with Crippen LogP contribution in [0.25, 0.3) is 0 Å². The van der Waals surface area contributed by atoms with Crippen molar-refractivity contribution in [2.75, 3.05) is 19.5 Å². The molecule has 0 bridgehead atoms. The van der Waals surface area contributed by atoms with Gasteiger partial charge in [-0.1, -0.05) is 13.0 Å². The van der Waals surface area contributed by atoms with Gasteiger partial charge in [-0.25, -0.2) is 0 Å². The van der Waals surface area contributed by atoms with Gasteiger partial charge in [0.1, 0.15) is 11.2 Å². The lowest BCUT2D eigenvalue weighted by Gasteiger charge is -2.27. The van der Waals surface area contributed by atoms with E-state index in [2.05, 4.69) is 17.6 Å². The monoisotopic (exact) mass is 358 g/mol. The predicted molar refractivity (Wildman–Crippen MR) is 98.9 cm³/mol. The van der Waals surface area contributed by atoms with Gasteiger partial charge < -0.3 is 20.1 Å². The zero-order valence-electron chi connectivity index (χ0n) is 14.6. The average Bonchev–Trinajstić information content (AvgIpc) is 2.98. The molecule has 1 amide bonds. The Morgan fingerprint density at radius 2 is 1.96 bits per heavy atom. The summed E-state index contributed by atoms with van der Waals surface area (Å²) in [6.07, 6.45) is 2.96. The molecule has 4 rings (SSSR count). The molecule has 2 N–H and O–H groups in total. The van der Waals surface area contributed by atoms with E-state index in [-0.39, 0.29) is 12.1 Å². The van der Waals surface area contributed by atoms with Crippen molar-refractivity contribution >= 4 is 22.2 Å². The molecule has 1 aromatic heterocycles. The molecule has 0 spiro atoms. The van der Waals surface area contributed by atoms with Gasteiger partial charge in [-0.05, 0) is 48.4 Å². The van der Waals surface area contributed by atoms with Crippen molar-refractivity contribution in [3.05, 3.63) is 39.8 Å². The Hall–Kier alpha value is -2.21. The number of benzene rings is 1. The molecular weight excluding hydrogens is 336 g/mol. The zero-order chi connectivity index (χ0) is 17.6. The van der Waals surface area contributed by atoms with Crippen LogP contribution >= 0.6 is 11.3 Å². The molecular formula is C19H22N2O3S. The van der Waals surface area contributed by atoms with Crippen LogP contribution in [0.4, 0.5) is 5.00 Å². The SMILES string of the molecule is COc1ccc([C@@H]2NC(=O)c3c(sc4c3CC[C@H](C)C4)N2)cc1OC. The summed E-state index contributed by atoms with van der Waals surface area (Å²) in [7, 11) is 3.22. The second-order valence-corrected chi connectivity index (χ2v) is 7.83. The first kappa shape index (κ1) is 16.3. The fourth-order valence-electron chi connectivity index (χ4n) is 3.66. The van der Waals surface area contributed by atoms with Crippen LogP contribution in [0.5, 0.6) is 11.5 Å². The van der Waals surface area contributed by atoms with Crippen molar-refractivity contribution < 1.29 is 14.3 Å². The number of carbonyl (C=O) groups excluding carboxylic acids is 1. The summed E-state index contributed by atoms with van der Waals surface area (Å²) in [5.41, 5.74) is 3.04. The first-order valence-electron chi connectivity index (χ1n) is 8.54. The van der Waals surface area contributed by atoms with E-state index in [0.29, 0.717) is 17.4 Å². The molecule has 1 aliphatic carbocycles. The fraction of sp³-hybridized carbons (Fsp3) is 0.421. The molecule has 2 atom stereocenters. The summed E-state index contributed by atoms with van der Waals surface area (Å²) >= 11 is 1.73. The quantitative estimate of drug-likeness (QED) is 0.877. The van der Waals surface area contributed by atoms with Gasteiger partial charge in [-0.3, -0.25) is 4.79 Å². The van der Waals surface area contributed by atoms with Gasteiger partial charge in [-0.2, -0.15) is 0 Å². The van der Waals surface area contributed by atoms with Crippen molar-refractivity contribution in [3.8, 4) is 11.5 Å². The molecule has 0 saturated heterocycles. The second kappa shape index (κ2) is 6.26. The number of hydrogen-bond acceptors (Lipinski definition) is 5. The van der Waals surface area contributed by atoms with E-state index in [1.165, 1.54) is 10.4 Å². The summed E-state index contributed by atoms with van der Waals surface area (Å²) in [4.78, 5) is 14.1. The number of methoxy groups -OCH3 is 2. The van der Waals surface area contributed by atoms with Crippen LogP contribution in [0.1, 0.15) is 45.9 Å². The van der Waals surface area contributed by atoms with Gasteiger partial charge in [0, 0.05) is 4.88 Å². The molecule has 5 nitrogen and oxygen atoms in total. The molecule has 0 unspecified atom stereocenters. The van der Waals surface area contributed by atoms with Crippen LogP contribution in [-0.4, -0.2) is 20.1 Å². The molecule has 6 heteroatoms. The normalized spacial score (nSPS) is 21.6. The van der Waals surface area contributed by atoms with Crippen molar-refractivity contribution in [2.45, 2.75) is 32.4 Å². The van der Waals surface area contributed by atoms with Gasteiger partial charge in [0.2, 0.25) is 0 Å². The van der Waals surface area contributed by atoms with E-state index < -0.39 is 0 Å². The summed E-state index contributed by atoms with van der Waals surface area (Å²) in [6.45, 7) is 2.28. The van der Waals surface area contributed by atoms with Crippen LogP contribution in [0.3, 0.4) is 0 Å². The minimum atomic E-state index is -0.266. The molecule has 0 radical (unpaired) electrons. The Bertz CT molecular complexity index is 830. The summed E-state index contributed by atoms with van der Waals surface area (Å²) in [5.74, 6) is 2.04. The smallest absolute Gasteiger partial charge is 0.256 e. The van der Waals surface area contributed by atoms with E-state index in [9.17, 15) is 4.79 Å². The van der Waals surface area contributed by atoms with Crippen LogP contribution in [0.15, 0.2) is 18.2 Å². The van der Waals surface area contributed by atoms with Crippen LogP contribution in [-0.2, 0) is 12.8 Å². The standard InChI is InChI=1S/C19H22N2O3S/c1-10-4-6-12-15(8-10)25-19-16(12)18(22)20-17(21-19)11-5-7-13(23-2)14(9-11)24-3/h5,7,9-10,17,21H,4,6,8H2,1-3H3,(H,20,22)/t10-,17+/m0/s1. The molecule has 25 heavy (non-hydrogen) atoms. The highest BCUT2D eigenvalue weighted by Gasteiger charge is 2.33. The predicted octanol–water partition coefficient (Wildman–Crippen LogP) is 3.74. The maximum absolute atomic E-state index is 12.8. The third-order valence-electron chi connectivity index (χ3n) is 5.03. The maximum atomic E-state index is 12.8. The zero-order valence-corrected chi connectivity index (χ0v) is 15.5. The van der Waals surface area contributed by atoms with E-state index in [1.807, 2.05) is 18.2 Å². The lowest BCUT2D eigenvalue weighted by atomic mass is 9.88. The second-order valence-electron chi connectivity index (χ2n) is 6.72. The molecule has 2 aliphatic rings. The van der Waals surface area contributed by atoms with E-state index >= 15 is 0 Å². The highest BCUT2D eigenvalue weighted by molar-refractivity contribution is 7.16. The summed E-state index contributed by atoms with van der Waals surface area (Å²) < 4.78 is 10.7. The first-order valence-corrected chi connectivity index (χ1v) is 9.36. The highest BCUT2D eigenvalue weighted by Crippen LogP contribution is 2.43. The Labute approximate surface area is 151 Å². The number of hydrogen-bond donors (Lipinski definition) is 2. The van der Waals surface area contributed by atoms with Gasteiger partial charge >= 0.3 is 0 Å². The lowest BCUT2D eigenvalue weighted by Crippen LogP contribution is -2.38. The Kier molecular flexibility index (Phi) is 4.07. The first-order chi connectivity index (χ1) is 12.1. The molecule has 0 fully saturated rings. The number of carbonyl (C=O) groups is 1. The minimum Gasteiger partial charge on any atom is -0.493 e. The van der Waals surface area contributed by atoms with Crippen molar-refractivity contribution in [3.63, 3.8) is 0 Å². The third-order valence-corrected chi connectivity index (χ3v) is 6.22. The fourth-order valence-corrected chi connectivity index (χ4v) is 5.10. The van der Waals surface area contributed by atoms with Crippen molar-refractivity contribution in [2.24, 2.45) is 5.92 Å². The number of rotatable bonds is 3. The number of thiophene rings is 1.